The topological polar surface area (TPSA) is 37.4 Å². The van der Waals surface area contributed by atoms with Crippen molar-refractivity contribution in [3.05, 3.63) is 105 Å². The van der Waals surface area contributed by atoms with E-state index in [0.717, 1.165) is 26.5 Å². The number of thioether (sulfide) groups is 2. The van der Waals surface area contributed by atoms with Crippen LogP contribution < -0.4 is 0 Å². The average Bonchev–Trinajstić information content (AvgIpc) is 2.96. The van der Waals surface area contributed by atoms with Crippen molar-refractivity contribution in [2.75, 3.05) is 0 Å². The van der Waals surface area contributed by atoms with Crippen LogP contribution in [0.15, 0.2) is 98.5 Å². The Bertz CT molecular complexity index is 1030. The van der Waals surface area contributed by atoms with Gasteiger partial charge in [0.15, 0.2) is 0 Å². The predicted octanol–water partition coefficient (Wildman–Crippen LogP) is 5.97. The second-order valence-electron chi connectivity index (χ2n) is 7.17. The van der Waals surface area contributed by atoms with Crippen LogP contribution >= 0.6 is 23.5 Å². The molecule has 3 aromatic rings. The van der Waals surface area contributed by atoms with Gasteiger partial charge in [-0.3, -0.25) is 14.5 Å². The summed E-state index contributed by atoms with van der Waals surface area (Å²) in [6.45, 7) is 4.32. The monoisotopic (exact) mass is 431 g/mol. The molecule has 4 rings (SSSR count). The lowest BCUT2D eigenvalue weighted by Gasteiger charge is -2.15. The van der Waals surface area contributed by atoms with Crippen LogP contribution in [0.1, 0.15) is 16.7 Å². The quantitative estimate of drug-likeness (QED) is 0.451. The third kappa shape index (κ3) is 4.53. The lowest BCUT2D eigenvalue weighted by Crippen LogP contribution is -2.30. The van der Waals surface area contributed by atoms with Crippen LogP contribution in [-0.2, 0) is 16.1 Å². The minimum atomic E-state index is -0.232. The highest BCUT2D eigenvalue weighted by atomic mass is 32.2. The van der Waals surface area contributed by atoms with Crippen molar-refractivity contribution in [3.63, 3.8) is 0 Å². The second-order valence-corrected chi connectivity index (χ2v) is 9.34. The normalized spacial score (nSPS) is 14.0. The van der Waals surface area contributed by atoms with Gasteiger partial charge in [-0.05, 0) is 43.7 Å². The van der Waals surface area contributed by atoms with Crippen molar-refractivity contribution >= 4 is 35.3 Å². The molecule has 0 unspecified atom stereocenters. The molecule has 0 bridgehead atoms. The Labute approximate surface area is 185 Å². The molecule has 0 spiro atoms. The zero-order chi connectivity index (χ0) is 21.1. The number of nitrogens with zero attached hydrogens (tertiary/aromatic N) is 1. The summed E-state index contributed by atoms with van der Waals surface area (Å²) in [4.78, 5) is 30.7. The van der Waals surface area contributed by atoms with E-state index in [1.54, 1.807) is 0 Å². The number of carbonyl (C=O) groups excluding carboxylic acids is 2. The Kier molecular flexibility index (Phi) is 6.11. The number of imide groups is 1. The minimum Gasteiger partial charge on any atom is -0.269 e. The molecule has 1 aliphatic heterocycles. The summed E-state index contributed by atoms with van der Waals surface area (Å²) in [6, 6.07) is 25.6. The van der Waals surface area contributed by atoms with E-state index >= 15 is 0 Å². The fourth-order valence-electron chi connectivity index (χ4n) is 3.07. The highest BCUT2D eigenvalue weighted by Crippen LogP contribution is 2.43. The molecule has 0 radical (unpaired) electrons. The van der Waals surface area contributed by atoms with Crippen molar-refractivity contribution in [3.8, 4) is 0 Å². The number of aryl methyl sites for hydroxylation is 2. The maximum atomic E-state index is 13.3. The first kappa shape index (κ1) is 20.5. The maximum Gasteiger partial charge on any atom is 0.269 e. The highest BCUT2D eigenvalue weighted by molar-refractivity contribution is 8.08. The van der Waals surface area contributed by atoms with Gasteiger partial charge in [-0.15, -0.1) is 0 Å². The third-order valence-electron chi connectivity index (χ3n) is 4.75. The maximum absolute atomic E-state index is 13.3. The Morgan fingerprint density at radius 1 is 0.633 bits per heavy atom. The molecular formula is C25H21NO2S2. The molecule has 0 saturated heterocycles. The lowest BCUT2D eigenvalue weighted by molar-refractivity contribution is -0.137. The van der Waals surface area contributed by atoms with Crippen molar-refractivity contribution in [2.24, 2.45) is 0 Å². The van der Waals surface area contributed by atoms with Gasteiger partial charge in [0.1, 0.15) is 0 Å². The van der Waals surface area contributed by atoms with Crippen LogP contribution in [-0.4, -0.2) is 16.7 Å². The van der Waals surface area contributed by atoms with E-state index in [1.807, 2.05) is 92.7 Å². The van der Waals surface area contributed by atoms with Gasteiger partial charge in [0.2, 0.25) is 0 Å². The molecule has 1 heterocycles. The van der Waals surface area contributed by atoms with Crippen LogP contribution in [0.4, 0.5) is 0 Å². The molecule has 3 nitrogen and oxygen atoms in total. The van der Waals surface area contributed by atoms with Crippen molar-refractivity contribution in [1.29, 1.82) is 0 Å². The number of rotatable bonds is 6. The van der Waals surface area contributed by atoms with E-state index in [0.29, 0.717) is 9.81 Å². The molecule has 2 amide bonds. The number of hydrogen-bond donors (Lipinski definition) is 0. The number of hydrogen-bond acceptors (Lipinski definition) is 4. The van der Waals surface area contributed by atoms with Crippen LogP contribution in [0.5, 0.6) is 0 Å². The SMILES string of the molecule is Cc1ccc(SC2=C(Sc3ccc(C)cc3)C(=O)N(Cc3ccccc3)C2=O)cc1. The predicted molar refractivity (Wildman–Crippen MR) is 123 cm³/mol. The van der Waals surface area contributed by atoms with E-state index in [1.165, 1.54) is 28.4 Å². The summed E-state index contributed by atoms with van der Waals surface area (Å²) in [6.07, 6.45) is 0. The number of carbonyl (C=O) groups is 2. The standard InChI is InChI=1S/C25H21NO2S2/c1-17-8-12-20(13-9-17)29-22-23(30-21-14-10-18(2)11-15-21)25(28)26(24(22)27)16-19-6-4-3-5-7-19/h3-15H,16H2,1-2H3. The third-order valence-corrected chi connectivity index (χ3v) is 7.06. The van der Waals surface area contributed by atoms with Crippen molar-refractivity contribution in [1.82, 2.24) is 4.90 Å². The molecule has 3 aromatic carbocycles. The summed E-state index contributed by atoms with van der Waals surface area (Å²) >= 11 is 2.73. The zero-order valence-electron chi connectivity index (χ0n) is 16.8. The summed E-state index contributed by atoms with van der Waals surface area (Å²) in [7, 11) is 0. The number of benzene rings is 3. The van der Waals surface area contributed by atoms with Gasteiger partial charge in [0, 0.05) is 9.79 Å². The Hall–Kier alpha value is -2.76. The van der Waals surface area contributed by atoms with Gasteiger partial charge >= 0.3 is 0 Å². The van der Waals surface area contributed by atoms with Gasteiger partial charge in [-0.2, -0.15) is 0 Å². The van der Waals surface area contributed by atoms with E-state index in [4.69, 9.17) is 0 Å². The van der Waals surface area contributed by atoms with Crippen molar-refractivity contribution < 1.29 is 9.59 Å². The molecule has 0 aromatic heterocycles. The van der Waals surface area contributed by atoms with Gasteiger partial charge < -0.3 is 0 Å². The molecule has 0 N–H and O–H groups in total. The molecule has 0 saturated carbocycles. The smallest absolute Gasteiger partial charge is 0.269 e. The molecule has 1 aliphatic rings. The van der Waals surface area contributed by atoms with Gasteiger partial charge in [-0.1, -0.05) is 89.2 Å². The van der Waals surface area contributed by atoms with Gasteiger partial charge in [0.25, 0.3) is 11.8 Å². The first-order valence-corrected chi connectivity index (χ1v) is 11.3. The van der Waals surface area contributed by atoms with Crippen LogP contribution in [0.2, 0.25) is 0 Å². The molecule has 0 atom stereocenters. The van der Waals surface area contributed by atoms with Crippen LogP contribution in [0.25, 0.3) is 0 Å². The van der Waals surface area contributed by atoms with Crippen LogP contribution in [0.3, 0.4) is 0 Å². The van der Waals surface area contributed by atoms with E-state index in [9.17, 15) is 9.59 Å². The van der Waals surface area contributed by atoms with Gasteiger partial charge in [0.05, 0.1) is 16.4 Å². The van der Waals surface area contributed by atoms with Crippen molar-refractivity contribution in [2.45, 2.75) is 30.2 Å². The second kappa shape index (κ2) is 8.94. The molecular weight excluding hydrogens is 410 g/mol. The molecule has 0 aliphatic carbocycles. The molecule has 5 heteroatoms. The number of amides is 2. The molecule has 0 fully saturated rings. The Morgan fingerprint density at radius 2 is 1.07 bits per heavy atom. The largest absolute Gasteiger partial charge is 0.269 e. The summed E-state index contributed by atoms with van der Waals surface area (Å²) < 4.78 is 0. The fourth-order valence-corrected chi connectivity index (χ4v) is 5.09. The lowest BCUT2D eigenvalue weighted by atomic mass is 10.2. The van der Waals surface area contributed by atoms with E-state index < -0.39 is 0 Å². The zero-order valence-corrected chi connectivity index (χ0v) is 18.4. The summed E-state index contributed by atoms with van der Waals surface area (Å²) in [5.41, 5.74) is 3.24. The summed E-state index contributed by atoms with van der Waals surface area (Å²) in [5.74, 6) is -0.465. The average molecular weight is 432 g/mol. The Morgan fingerprint density at radius 3 is 1.50 bits per heavy atom. The first-order valence-electron chi connectivity index (χ1n) is 9.65. The first-order chi connectivity index (χ1) is 14.5. The van der Waals surface area contributed by atoms with E-state index in [2.05, 4.69) is 0 Å². The van der Waals surface area contributed by atoms with Crippen LogP contribution in [0, 0.1) is 13.8 Å². The highest BCUT2D eigenvalue weighted by Gasteiger charge is 2.39. The summed E-state index contributed by atoms with van der Waals surface area (Å²) in [5, 5.41) is 0. The fraction of sp³-hybridized carbons (Fsp3) is 0.120. The molecule has 150 valence electrons. The Balaban J connectivity index is 1.67. The van der Waals surface area contributed by atoms with Gasteiger partial charge in [-0.25, -0.2) is 0 Å². The van der Waals surface area contributed by atoms with E-state index in [-0.39, 0.29) is 18.4 Å². The minimum absolute atomic E-state index is 0.232. The molecule has 30 heavy (non-hydrogen) atoms.